The van der Waals surface area contributed by atoms with Crippen molar-refractivity contribution in [3.8, 4) is 12.3 Å². The zero-order valence-corrected chi connectivity index (χ0v) is 15.2. The largest absolute Gasteiger partial charge is 0.466 e. The van der Waals surface area contributed by atoms with Crippen molar-refractivity contribution >= 4 is 5.97 Å². The lowest BCUT2D eigenvalue weighted by Crippen LogP contribution is -2.16. The van der Waals surface area contributed by atoms with Crippen LogP contribution < -0.4 is 0 Å². The number of carbonyl (C=O) groups excluding carboxylic acids is 1. The molecule has 0 aliphatic rings. The molecule has 3 heteroatoms. The number of carbonyl (C=O) groups is 1. The molecule has 0 amide bonds. The molecule has 0 radical (unpaired) electrons. The minimum atomic E-state index is -0.267. The molecule has 0 aliphatic carbocycles. The maximum absolute atomic E-state index is 10.7. The van der Waals surface area contributed by atoms with E-state index < -0.39 is 0 Å². The van der Waals surface area contributed by atoms with Gasteiger partial charge >= 0.3 is 5.97 Å². The van der Waals surface area contributed by atoms with Crippen LogP contribution in [0, 0.1) is 18.3 Å². The standard InChI is InChI=1S/C20H36O3/c1-4-5-6-7-8-9-10-11-12-13-14-15-20(22)16-18(2)17-23-19(3)21/h1,18,20,22H,5-17H2,2-3H3/t18?,20-/m0/s1. The molecule has 0 saturated carbocycles. The Kier molecular flexibility index (Phi) is 15.2. The van der Waals surface area contributed by atoms with Gasteiger partial charge in [-0.3, -0.25) is 4.79 Å². The Hall–Kier alpha value is -1.01. The van der Waals surface area contributed by atoms with Crippen LogP contribution in [0.25, 0.3) is 0 Å². The van der Waals surface area contributed by atoms with E-state index in [-0.39, 0.29) is 18.0 Å². The molecule has 0 rings (SSSR count). The summed E-state index contributed by atoms with van der Waals surface area (Å²) in [6.07, 6.45) is 18.7. The van der Waals surface area contributed by atoms with Crippen molar-refractivity contribution in [1.29, 1.82) is 0 Å². The maximum atomic E-state index is 10.7. The summed E-state index contributed by atoms with van der Waals surface area (Å²) >= 11 is 0. The monoisotopic (exact) mass is 324 g/mol. The number of ether oxygens (including phenoxy) is 1. The minimum absolute atomic E-state index is 0.225. The predicted molar refractivity (Wildman–Crippen MR) is 96.0 cm³/mol. The van der Waals surface area contributed by atoms with Gasteiger partial charge in [0.15, 0.2) is 0 Å². The van der Waals surface area contributed by atoms with Crippen molar-refractivity contribution in [2.45, 2.75) is 97.0 Å². The van der Waals surface area contributed by atoms with E-state index in [2.05, 4.69) is 5.92 Å². The Bertz CT molecular complexity index is 319. The first-order chi connectivity index (χ1) is 11.1. The average Bonchev–Trinajstić information content (AvgIpc) is 2.50. The first kappa shape index (κ1) is 22.0. The molecule has 0 aromatic carbocycles. The number of rotatable bonds is 15. The number of esters is 1. The second-order valence-corrected chi connectivity index (χ2v) is 6.72. The highest BCUT2D eigenvalue weighted by Gasteiger charge is 2.11. The SMILES string of the molecule is C#CCCCCCCCCCCC[C@H](O)CC(C)COC(C)=O. The summed E-state index contributed by atoms with van der Waals surface area (Å²) in [5.41, 5.74) is 0. The van der Waals surface area contributed by atoms with Crippen LogP contribution in [0.3, 0.4) is 0 Å². The fourth-order valence-electron chi connectivity index (χ4n) is 2.75. The molecule has 3 nitrogen and oxygen atoms in total. The number of hydrogen-bond acceptors (Lipinski definition) is 3. The van der Waals surface area contributed by atoms with Crippen molar-refractivity contribution in [2.75, 3.05) is 6.61 Å². The quantitative estimate of drug-likeness (QED) is 0.266. The molecule has 0 saturated heterocycles. The summed E-state index contributed by atoms with van der Waals surface area (Å²) < 4.78 is 4.96. The van der Waals surface area contributed by atoms with Crippen molar-refractivity contribution in [3.63, 3.8) is 0 Å². The molecule has 0 fully saturated rings. The van der Waals surface area contributed by atoms with E-state index in [1.54, 1.807) is 0 Å². The summed E-state index contributed by atoms with van der Waals surface area (Å²) in [6.45, 7) is 3.84. The van der Waals surface area contributed by atoms with E-state index in [4.69, 9.17) is 11.2 Å². The van der Waals surface area contributed by atoms with Gasteiger partial charge in [0.2, 0.25) is 0 Å². The predicted octanol–water partition coefficient (Wildman–Crippen LogP) is 4.86. The van der Waals surface area contributed by atoms with Gasteiger partial charge in [0.25, 0.3) is 0 Å². The van der Waals surface area contributed by atoms with E-state index in [0.717, 1.165) is 19.3 Å². The van der Waals surface area contributed by atoms with E-state index in [1.807, 2.05) is 6.92 Å². The number of terminal acetylenes is 1. The van der Waals surface area contributed by atoms with Gasteiger partial charge in [-0.25, -0.2) is 0 Å². The first-order valence-electron chi connectivity index (χ1n) is 9.31. The molecule has 0 aromatic heterocycles. The third kappa shape index (κ3) is 17.2. The fourth-order valence-corrected chi connectivity index (χ4v) is 2.75. The van der Waals surface area contributed by atoms with Gasteiger partial charge in [-0.2, -0.15) is 0 Å². The Balaban J connectivity index is 3.30. The average molecular weight is 325 g/mol. The molecule has 2 atom stereocenters. The molecule has 23 heavy (non-hydrogen) atoms. The Morgan fingerprint density at radius 1 is 1.04 bits per heavy atom. The van der Waals surface area contributed by atoms with Gasteiger partial charge in [-0.05, 0) is 25.2 Å². The number of unbranched alkanes of at least 4 members (excludes halogenated alkanes) is 9. The molecule has 0 aromatic rings. The van der Waals surface area contributed by atoms with Gasteiger partial charge in [0, 0.05) is 13.3 Å². The zero-order chi connectivity index (χ0) is 17.3. The van der Waals surface area contributed by atoms with E-state index in [9.17, 15) is 9.90 Å². The van der Waals surface area contributed by atoms with Crippen LogP contribution in [0.15, 0.2) is 0 Å². The third-order valence-corrected chi connectivity index (χ3v) is 4.10. The summed E-state index contributed by atoms with van der Waals surface area (Å²) in [5, 5.41) is 9.97. The van der Waals surface area contributed by atoms with Crippen molar-refractivity contribution in [1.82, 2.24) is 0 Å². The van der Waals surface area contributed by atoms with Crippen LogP contribution in [-0.4, -0.2) is 23.8 Å². The normalized spacial score (nSPS) is 13.3. The molecule has 0 aliphatic heterocycles. The smallest absolute Gasteiger partial charge is 0.302 e. The summed E-state index contributed by atoms with van der Waals surface area (Å²) in [7, 11) is 0. The van der Waals surface area contributed by atoms with Crippen LogP contribution in [0.5, 0.6) is 0 Å². The lowest BCUT2D eigenvalue weighted by Gasteiger charge is -2.16. The number of aliphatic hydroxyl groups is 1. The highest BCUT2D eigenvalue weighted by Crippen LogP contribution is 2.15. The lowest BCUT2D eigenvalue weighted by molar-refractivity contribution is -0.142. The Labute approximate surface area is 143 Å². The van der Waals surface area contributed by atoms with Gasteiger partial charge in [0.05, 0.1) is 12.7 Å². The van der Waals surface area contributed by atoms with Gasteiger partial charge < -0.3 is 9.84 Å². The highest BCUT2D eigenvalue weighted by molar-refractivity contribution is 5.65. The van der Waals surface area contributed by atoms with Crippen molar-refractivity contribution in [3.05, 3.63) is 0 Å². The molecular weight excluding hydrogens is 288 g/mol. The number of hydrogen-bond donors (Lipinski definition) is 1. The molecule has 0 heterocycles. The molecule has 134 valence electrons. The first-order valence-corrected chi connectivity index (χ1v) is 9.31. The van der Waals surface area contributed by atoms with Crippen LogP contribution >= 0.6 is 0 Å². The molecule has 0 spiro atoms. The van der Waals surface area contributed by atoms with Gasteiger partial charge in [-0.15, -0.1) is 12.3 Å². The Morgan fingerprint density at radius 3 is 2.09 bits per heavy atom. The summed E-state index contributed by atoms with van der Waals surface area (Å²) in [5.74, 6) is 2.66. The van der Waals surface area contributed by atoms with Crippen molar-refractivity contribution in [2.24, 2.45) is 5.92 Å². The Morgan fingerprint density at radius 2 is 1.57 bits per heavy atom. The fraction of sp³-hybridized carbons (Fsp3) is 0.850. The van der Waals surface area contributed by atoms with E-state index in [1.165, 1.54) is 58.3 Å². The summed E-state index contributed by atoms with van der Waals surface area (Å²) in [4.78, 5) is 10.7. The molecule has 0 bridgehead atoms. The molecule has 1 N–H and O–H groups in total. The molecule has 1 unspecified atom stereocenters. The van der Waals surface area contributed by atoms with Crippen LogP contribution in [0.2, 0.25) is 0 Å². The van der Waals surface area contributed by atoms with Crippen molar-refractivity contribution < 1.29 is 14.6 Å². The van der Waals surface area contributed by atoms with E-state index in [0.29, 0.717) is 13.0 Å². The third-order valence-electron chi connectivity index (χ3n) is 4.10. The molecular formula is C20H36O3. The highest BCUT2D eigenvalue weighted by atomic mass is 16.5. The lowest BCUT2D eigenvalue weighted by atomic mass is 9.99. The zero-order valence-electron chi connectivity index (χ0n) is 15.2. The second kappa shape index (κ2) is 15.9. The second-order valence-electron chi connectivity index (χ2n) is 6.72. The van der Waals surface area contributed by atoms with Gasteiger partial charge in [-0.1, -0.05) is 58.3 Å². The number of aliphatic hydroxyl groups excluding tert-OH is 1. The van der Waals surface area contributed by atoms with Crippen LogP contribution in [0.1, 0.15) is 90.9 Å². The van der Waals surface area contributed by atoms with Crippen LogP contribution in [0.4, 0.5) is 0 Å². The topological polar surface area (TPSA) is 46.5 Å². The minimum Gasteiger partial charge on any atom is -0.466 e. The van der Waals surface area contributed by atoms with Gasteiger partial charge in [0.1, 0.15) is 0 Å². The summed E-state index contributed by atoms with van der Waals surface area (Å²) in [6, 6.07) is 0. The van der Waals surface area contributed by atoms with E-state index >= 15 is 0 Å². The maximum Gasteiger partial charge on any atom is 0.302 e. The van der Waals surface area contributed by atoms with Crippen LogP contribution in [-0.2, 0) is 9.53 Å².